The van der Waals surface area contributed by atoms with E-state index in [0.717, 1.165) is 18.3 Å². The Morgan fingerprint density at radius 1 is 1.38 bits per heavy atom. The van der Waals surface area contributed by atoms with E-state index >= 15 is 0 Å². The minimum Gasteiger partial charge on any atom is -0.365 e. The van der Waals surface area contributed by atoms with Gasteiger partial charge in [0.05, 0.1) is 6.61 Å². The molecule has 0 radical (unpaired) electrons. The lowest BCUT2D eigenvalue weighted by Crippen LogP contribution is -1.93. The van der Waals surface area contributed by atoms with Crippen LogP contribution in [0.1, 0.15) is 11.1 Å². The van der Waals surface area contributed by atoms with Gasteiger partial charge >= 0.3 is 0 Å². The van der Waals surface area contributed by atoms with E-state index in [-0.39, 0.29) is 0 Å². The van der Waals surface area contributed by atoms with Crippen molar-refractivity contribution in [2.45, 2.75) is 12.8 Å². The van der Waals surface area contributed by atoms with E-state index in [1.54, 1.807) is 0 Å². The number of rotatable bonds is 5. The largest absolute Gasteiger partial charge is 0.365 e. The van der Waals surface area contributed by atoms with E-state index in [9.17, 15) is 4.79 Å². The Kier molecular flexibility index (Phi) is 4.66. The molecule has 0 N–H and O–H groups in total. The Hall–Kier alpha value is -0.720. The van der Waals surface area contributed by atoms with Gasteiger partial charge in [-0.25, -0.2) is 0 Å². The van der Waals surface area contributed by atoms with Gasteiger partial charge in [0.1, 0.15) is 6.29 Å². The molecule has 0 amide bonds. The Bertz CT molecular complexity index is 273. The van der Waals surface area contributed by atoms with Crippen molar-refractivity contribution >= 4 is 15.8 Å². The van der Waals surface area contributed by atoms with Crippen LogP contribution in [-0.4, -0.2) is 12.9 Å². The third kappa shape index (κ3) is 3.67. The van der Waals surface area contributed by atoms with Gasteiger partial charge in [-0.05, 0) is 17.5 Å². The van der Waals surface area contributed by atoms with Gasteiger partial charge < -0.3 is 9.32 Å². The molecule has 1 rings (SSSR count). The summed E-state index contributed by atoms with van der Waals surface area (Å²) in [5.41, 5.74) is 2.28. The zero-order valence-electron chi connectivity index (χ0n) is 7.40. The second kappa shape index (κ2) is 5.85. The molecule has 0 aliphatic rings. The van der Waals surface area contributed by atoms with Crippen LogP contribution >= 0.6 is 9.47 Å². The van der Waals surface area contributed by atoms with Crippen molar-refractivity contribution in [2.75, 3.05) is 6.61 Å². The molecule has 1 aromatic carbocycles. The fourth-order valence-electron chi connectivity index (χ4n) is 1.19. The average Bonchev–Trinajstić information content (AvgIpc) is 2.16. The molecule has 0 saturated carbocycles. The van der Waals surface area contributed by atoms with Crippen LogP contribution in [0.15, 0.2) is 24.3 Å². The third-order valence-corrected chi connectivity index (χ3v) is 2.05. The van der Waals surface area contributed by atoms with Crippen molar-refractivity contribution in [3.8, 4) is 0 Å². The van der Waals surface area contributed by atoms with Gasteiger partial charge in [0, 0.05) is 15.9 Å². The van der Waals surface area contributed by atoms with Crippen LogP contribution < -0.4 is 0 Å². The molecule has 0 aromatic heterocycles. The molecule has 0 heterocycles. The number of hydrogen-bond donors (Lipinski definition) is 0. The van der Waals surface area contributed by atoms with Crippen LogP contribution in [0.3, 0.4) is 0 Å². The monoisotopic (exact) mass is 196 g/mol. The molecule has 2 nitrogen and oxygen atoms in total. The van der Waals surface area contributed by atoms with Gasteiger partial charge in [-0.3, -0.25) is 0 Å². The summed E-state index contributed by atoms with van der Waals surface area (Å²) in [7, 11) is 2.23. The molecule has 70 valence electrons. The summed E-state index contributed by atoms with van der Waals surface area (Å²) in [6.45, 7) is 0.690. The molecule has 0 spiro atoms. The highest BCUT2D eigenvalue weighted by atomic mass is 31.0. The fourth-order valence-corrected chi connectivity index (χ4v) is 1.30. The molecule has 13 heavy (non-hydrogen) atoms. The summed E-state index contributed by atoms with van der Waals surface area (Å²) in [4.78, 5) is 10.3. The normalized spacial score (nSPS) is 9.92. The van der Waals surface area contributed by atoms with E-state index < -0.39 is 0 Å². The first-order valence-electron chi connectivity index (χ1n) is 4.20. The van der Waals surface area contributed by atoms with E-state index in [2.05, 4.69) is 9.47 Å². The van der Waals surface area contributed by atoms with Crippen molar-refractivity contribution in [2.24, 2.45) is 0 Å². The molecule has 1 aromatic rings. The van der Waals surface area contributed by atoms with E-state index in [0.29, 0.717) is 13.0 Å². The van der Waals surface area contributed by atoms with Crippen LogP contribution in [0, 0.1) is 0 Å². The summed E-state index contributed by atoms with van der Waals surface area (Å²) >= 11 is 0. The average molecular weight is 196 g/mol. The smallest absolute Gasteiger partial charge is 0.124 e. The summed E-state index contributed by atoms with van der Waals surface area (Å²) in [6, 6.07) is 8.01. The zero-order chi connectivity index (χ0) is 9.52. The highest BCUT2D eigenvalue weighted by Crippen LogP contribution is 2.06. The van der Waals surface area contributed by atoms with Gasteiger partial charge in [-0.15, -0.1) is 0 Å². The van der Waals surface area contributed by atoms with E-state index in [1.807, 2.05) is 24.3 Å². The topological polar surface area (TPSA) is 26.3 Å². The minimum absolute atomic E-state index is 0.496. The number of carbonyl (C=O) groups is 1. The second-order valence-corrected chi connectivity index (χ2v) is 3.14. The lowest BCUT2D eigenvalue weighted by Gasteiger charge is -2.01. The third-order valence-electron chi connectivity index (χ3n) is 1.82. The number of benzene rings is 1. The van der Waals surface area contributed by atoms with Crippen LogP contribution in [-0.2, 0) is 22.2 Å². The maximum Gasteiger partial charge on any atom is 0.124 e. The van der Waals surface area contributed by atoms with Crippen LogP contribution in [0.4, 0.5) is 0 Å². The molecular formula is C10H13O2P. The lowest BCUT2D eigenvalue weighted by molar-refractivity contribution is -0.107. The quantitative estimate of drug-likeness (QED) is 0.530. The number of hydrogen-bond acceptors (Lipinski definition) is 2. The second-order valence-electron chi connectivity index (χ2n) is 2.81. The lowest BCUT2D eigenvalue weighted by atomic mass is 10.1. The molecule has 3 heteroatoms. The maximum atomic E-state index is 10.3. The van der Waals surface area contributed by atoms with E-state index in [1.165, 1.54) is 5.56 Å². The van der Waals surface area contributed by atoms with Gasteiger partial charge in [-0.2, -0.15) is 0 Å². The van der Waals surface area contributed by atoms with Crippen molar-refractivity contribution in [3.05, 3.63) is 35.4 Å². The van der Waals surface area contributed by atoms with Crippen molar-refractivity contribution < 1.29 is 9.32 Å². The van der Waals surface area contributed by atoms with Crippen molar-refractivity contribution in [3.63, 3.8) is 0 Å². The van der Waals surface area contributed by atoms with Crippen molar-refractivity contribution in [1.29, 1.82) is 0 Å². The number of carbonyl (C=O) groups excluding carboxylic acids is 1. The van der Waals surface area contributed by atoms with Gasteiger partial charge in [-0.1, -0.05) is 24.3 Å². The summed E-state index contributed by atoms with van der Waals surface area (Å²) in [5, 5.41) is 0. The predicted molar refractivity (Wildman–Crippen MR) is 55.6 cm³/mol. The fraction of sp³-hybridized carbons (Fsp3) is 0.300. The molecule has 1 unspecified atom stereocenters. The first-order chi connectivity index (χ1) is 6.36. The summed E-state index contributed by atoms with van der Waals surface area (Å²) in [6.07, 6.45) is 2.30. The SMILES string of the molecule is O=CCc1cccc(CCOP)c1. The molecule has 0 aliphatic heterocycles. The molecule has 0 aliphatic carbocycles. The van der Waals surface area contributed by atoms with Crippen molar-refractivity contribution in [1.82, 2.24) is 0 Å². The van der Waals surface area contributed by atoms with Gasteiger partial charge in [0.2, 0.25) is 0 Å². The van der Waals surface area contributed by atoms with Gasteiger partial charge in [0.25, 0.3) is 0 Å². The highest BCUT2D eigenvalue weighted by Gasteiger charge is 1.95. The molecule has 1 atom stereocenters. The maximum absolute atomic E-state index is 10.3. The molecular weight excluding hydrogens is 183 g/mol. The highest BCUT2D eigenvalue weighted by molar-refractivity contribution is 7.09. The first-order valence-corrected chi connectivity index (χ1v) is 4.67. The zero-order valence-corrected chi connectivity index (χ0v) is 8.56. The van der Waals surface area contributed by atoms with Crippen LogP contribution in [0.2, 0.25) is 0 Å². The minimum atomic E-state index is 0.496. The Balaban J connectivity index is 2.61. The first kappa shape index (κ1) is 10.4. The Morgan fingerprint density at radius 2 is 2.15 bits per heavy atom. The molecule has 0 saturated heterocycles. The summed E-state index contributed by atoms with van der Waals surface area (Å²) in [5.74, 6) is 0. The molecule has 0 fully saturated rings. The van der Waals surface area contributed by atoms with Crippen LogP contribution in [0.5, 0.6) is 0 Å². The molecule has 0 bridgehead atoms. The number of aldehydes is 1. The predicted octanol–water partition coefficient (Wildman–Crippen LogP) is 1.78. The Morgan fingerprint density at radius 3 is 2.85 bits per heavy atom. The summed E-state index contributed by atoms with van der Waals surface area (Å²) < 4.78 is 4.89. The van der Waals surface area contributed by atoms with Crippen LogP contribution in [0.25, 0.3) is 0 Å². The van der Waals surface area contributed by atoms with Gasteiger partial charge in [0.15, 0.2) is 0 Å². The Labute approximate surface area is 80.6 Å². The van der Waals surface area contributed by atoms with E-state index in [4.69, 9.17) is 4.52 Å². The standard InChI is InChI=1S/C10H13O2P/c11-6-4-9-2-1-3-10(8-9)5-7-12-13/h1-3,6,8H,4-5,7,13H2.